The van der Waals surface area contributed by atoms with Gasteiger partial charge in [0.1, 0.15) is 18.5 Å². The van der Waals surface area contributed by atoms with Crippen LogP contribution in [-0.4, -0.2) is 27.0 Å². The number of aliphatic hydroxyl groups excluding tert-OH is 1. The number of hydrogen-bond acceptors (Lipinski definition) is 3. The zero-order valence-corrected chi connectivity index (χ0v) is 16.0. The van der Waals surface area contributed by atoms with Crippen LogP contribution in [-0.2, 0) is 13.1 Å². The van der Waals surface area contributed by atoms with Crippen LogP contribution >= 0.6 is 0 Å². The van der Waals surface area contributed by atoms with E-state index in [9.17, 15) is 5.11 Å². The third-order valence-electron chi connectivity index (χ3n) is 4.79. The number of fused-ring (bicyclic) bond motifs is 1. The molecular formula is C22H29N3O2. The Bertz CT molecular complexity index is 899. The van der Waals surface area contributed by atoms with Gasteiger partial charge < -0.3 is 19.0 Å². The maximum absolute atomic E-state index is 10.5. The van der Waals surface area contributed by atoms with Crippen molar-refractivity contribution in [1.82, 2.24) is 9.13 Å². The molecule has 1 aromatic heterocycles. The van der Waals surface area contributed by atoms with E-state index in [1.54, 1.807) is 0 Å². The maximum Gasteiger partial charge on any atom is 0.203 e. The van der Waals surface area contributed by atoms with Gasteiger partial charge in [-0.3, -0.25) is 5.41 Å². The number of rotatable bonds is 10. The number of aliphatic hydroxyl groups is 1. The Morgan fingerprint density at radius 1 is 0.926 bits per heavy atom. The fourth-order valence-corrected chi connectivity index (χ4v) is 3.38. The van der Waals surface area contributed by atoms with Gasteiger partial charge in [0.25, 0.3) is 0 Å². The first-order valence-corrected chi connectivity index (χ1v) is 9.79. The predicted molar refractivity (Wildman–Crippen MR) is 108 cm³/mol. The van der Waals surface area contributed by atoms with E-state index in [4.69, 9.17) is 10.1 Å². The van der Waals surface area contributed by atoms with E-state index in [2.05, 4.69) is 17.6 Å². The maximum atomic E-state index is 10.5. The summed E-state index contributed by atoms with van der Waals surface area (Å²) in [4.78, 5) is 0. The number of nitrogens with zero attached hydrogens (tertiary/aromatic N) is 2. The Balaban J connectivity index is 1.73. The molecule has 0 amide bonds. The monoisotopic (exact) mass is 367 g/mol. The van der Waals surface area contributed by atoms with Gasteiger partial charge in [-0.15, -0.1) is 0 Å². The number of ether oxygens (including phenoxy) is 1. The van der Waals surface area contributed by atoms with Crippen LogP contribution in [0.25, 0.3) is 11.0 Å². The minimum Gasteiger partial charge on any atom is -0.491 e. The molecule has 0 fully saturated rings. The molecule has 144 valence electrons. The summed E-state index contributed by atoms with van der Waals surface area (Å²) in [6, 6.07) is 17.5. The van der Waals surface area contributed by atoms with Crippen molar-refractivity contribution in [1.29, 1.82) is 5.41 Å². The number of hydrogen-bond donors (Lipinski definition) is 2. The van der Waals surface area contributed by atoms with Crippen molar-refractivity contribution in [3.8, 4) is 5.75 Å². The number of nitrogens with one attached hydrogen (secondary N) is 1. The third-order valence-corrected chi connectivity index (χ3v) is 4.79. The van der Waals surface area contributed by atoms with Crippen LogP contribution in [0.15, 0.2) is 54.6 Å². The SMILES string of the molecule is CCCCCCn1c(=N)n(C[C@H](O)COc2ccccc2)c2ccccc21. The molecule has 3 aromatic rings. The molecule has 2 N–H and O–H groups in total. The number of benzene rings is 2. The Labute approximate surface area is 160 Å². The molecule has 0 bridgehead atoms. The summed E-state index contributed by atoms with van der Waals surface area (Å²) in [6.07, 6.45) is 3.99. The molecule has 0 radical (unpaired) electrons. The van der Waals surface area contributed by atoms with E-state index < -0.39 is 6.10 Å². The highest BCUT2D eigenvalue weighted by molar-refractivity contribution is 5.75. The molecule has 0 unspecified atom stereocenters. The highest BCUT2D eigenvalue weighted by atomic mass is 16.5. The van der Waals surface area contributed by atoms with Crippen molar-refractivity contribution < 1.29 is 9.84 Å². The van der Waals surface area contributed by atoms with Gasteiger partial charge in [-0.25, -0.2) is 0 Å². The van der Waals surface area contributed by atoms with Crippen LogP contribution in [0.5, 0.6) is 5.75 Å². The quantitative estimate of drug-likeness (QED) is 0.533. The molecule has 0 saturated carbocycles. The van der Waals surface area contributed by atoms with Gasteiger partial charge in [-0.05, 0) is 30.7 Å². The molecule has 5 nitrogen and oxygen atoms in total. The number of unbranched alkanes of at least 4 members (excludes halogenated alkanes) is 3. The van der Waals surface area contributed by atoms with E-state index in [1.165, 1.54) is 19.3 Å². The predicted octanol–water partition coefficient (Wildman–Crippen LogP) is 3.94. The molecular weight excluding hydrogens is 338 g/mol. The molecule has 5 heteroatoms. The summed E-state index contributed by atoms with van der Waals surface area (Å²) in [5, 5.41) is 19.1. The summed E-state index contributed by atoms with van der Waals surface area (Å²) in [7, 11) is 0. The number of aryl methyl sites for hydroxylation is 1. The van der Waals surface area contributed by atoms with Gasteiger partial charge in [0.15, 0.2) is 0 Å². The molecule has 0 aliphatic rings. The normalized spacial score (nSPS) is 12.4. The average Bonchev–Trinajstić information content (AvgIpc) is 2.96. The lowest BCUT2D eigenvalue weighted by Crippen LogP contribution is -2.31. The lowest BCUT2D eigenvalue weighted by Gasteiger charge is -2.13. The Morgan fingerprint density at radius 2 is 1.59 bits per heavy atom. The summed E-state index contributed by atoms with van der Waals surface area (Å²) in [6.45, 7) is 3.58. The Morgan fingerprint density at radius 3 is 2.30 bits per heavy atom. The Kier molecular flexibility index (Phi) is 6.71. The first-order valence-electron chi connectivity index (χ1n) is 9.79. The van der Waals surface area contributed by atoms with Crippen molar-refractivity contribution in [2.45, 2.75) is 51.8 Å². The van der Waals surface area contributed by atoms with E-state index in [-0.39, 0.29) is 6.61 Å². The Hall–Kier alpha value is -2.53. The molecule has 3 rings (SSSR count). The molecule has 0 aliphatic heterocycles. The number of imidazole rings is 1. The molecule has 0 aliphatic carbocycles. The second kappa shape index (κ2) is 9.42. The van der Waals surface area contributed by atoms with Crippen molar-refractivity contribution >= 4 is 11.0 Å². The van der Waals surface area contributed by atoms with Gasteiger partial charge in [0, 0.05) is 6.54 Å². The molecule has 0 saturated heterocycles. The van der Waals surface area contributed by atoms with Crippen LogP contribution in [0, 0.1) is 5.41 Å². The summed E-state index contributed by atoms with van der Waals surface area (Å²) >= 11 is 0. The second-order valence-electron chi connectivity index (χ2n) is 6.91. The van der Waals surface area contributed by atoms with Crippen molar-refractivity contribution in [3.63, 3.8) is 0 Å². The highest BCUT2D eigenvalue weighted by Crippen LogP contribution is 2.15. The van der Waals surface area contributed by atoms with Crippen molar-refractivity contribution in [3.05, 3.63) is 60.2 Å². The fourth-order valence-electron chi connectivity index (χ4n) is 3.38. The topological polar surface area (TPSA) is 63.2 Å². The first kappa shape index (κ1) is 19.2. The summed E-state index contributed by atoms with van der Waals surface area (Å²) in [5.41, 5.74) is 2.47. The van der Waals surface area contributed by atoms with Gasteiger partial charge in [-0.2, -0.15) is 0 Å². The van der Waals surface area contributed by atoms with E-state index >= 15 is 0 Å². The average molecular weight is 367 g/mol. The standard InChI is InChI=1S/C22H29N3O2/c1-2-3-4-10-15-24-20-13-8-9-14-21(20)25(22(24)23)16-18(26)17-27-19-11-6-5-7-12-19/h5-9,11-14,18,23,26H,2-4,10,15-17H2,1H3/t18-/m0/s1. The molecule has 0 spiro atoms. The largest absolute Gasteiger partial charge is 0.491 e. The zero-order chi connectivity index (χ0) is 19.1. The lowest BCUT2D eigenvalue weighted by atomic mass is 10.2. The van der Waals surface area contributed by atoms with Crippen LogP contribution in [0.2, 0.25) is 0 Å². The van der Waals surface area contributed by atoms with Crippen LogP contribution < -0.4 is 10.4 Å². The van der Waals surface area contributed by atoms with Crippen LogP contribution in [0.3, 0.4) is 0 Å². The lowest BCUT2D eigenvalue weighted by molar-refractivity contribution is 0.0921. The van der Waals surface area contributed by atoms with Gasteiger partial charge in [-0.1, -0.05) is 56.5 Å². The van der Waals surface area contributed by atoms with Crippen LogP contribution in [0.1, 0.15) is 32.6 Å². The summed E-state index contributed by atoms with van der Waals surface area (Å²) in [5.74, 6) is 0.742. The number of aromatic nitrogens is 2. The smallest absolute Gasteiger partial charge is 0.203 e. The van der Waals surface area contributed by atoms with Gasteiger partial charge in [0.05, 0.1) is 17.6 Å². The highest BCUT2D eigenvalue weighted by Gasteiger charge is 2.14. The molecule has 1 heterocycles. The zero-order valence-electron chi connectivity index (χ0n) is 16.0. The van der Waals surface area contributed by atoms with E-state index in [1.807, 2.05) is 53.1 Å². The van der Waals surface area contributed by atoms with Gasteiger partial charge >= 0.3 is 0 Å². The number of para-hydroxylation sites is 3. The fraction of sp³-hybridized carbons (Fsp3) is 0.409. The third kappa shape index (κ3) is 4.80. The van der Waals surface area contributed by atoms with Crippen molar-refractivity contribution in [2.24, 2.45) is 0 Å². The minimum atomic E-state index is -0.682. The second-order valence-corrected chi connectivity index (χ2v) is 6.91. The minimum absolute atomic E-state index is 0.201. The first-order chi connectivity index (χ1) is 13.2. The van der Waals surface area contributed by atoms with Crippen molar-refractivity contribution in [2.75, 3.05) is 6.61 Å². The molecule has 2 aromatic carbocycles. The van der Waals surface area contributed by atoms with Gasteiger partial charge in [0.2, 0.25) is 5.62 Å². The van der Waals surface area contributed by atoms with E-state index in [0.29, 0.717) is 12.2 Å². The molecule has 27 heavy (non-hydrogen) atoms. The van der Waals surface area contributed by atoms with E-state index in [0.717, 1.165) is 29.7 Å². The van der Waals surface area contributed by atoms with Crippen LogP contribution in [0.4, 0.5) is 0 Å². The molecule has 1 atom stereocenters. The summed E-state index contributed by atoms with van der Waals surface area (Å²) < 4.78 is 9.59.